The zero-order chi connectivity index (χ0) is 8.01. The van der Waals surface area contributed by atoms with E-state index >= 15 is 0 Å². The minimum atomic E-state index is 0.0848. The first-order valence-corrected chi connectivity index (χ1v) is 3.63. The highest BCUT2D eigenvalue weighted by Crippen LogP contribution is 2.38. The Bertz CT molecular complexity index is 299. The van der Waals surface area contributed by atoms with Crippen LogP contribution in [0.5, 0.6) is 0 Å². The van der Waals surface area contributed by atoms with Crippen LogP contribution < -0.4 is 5.73 Å². The van der Waals surface area contributed by atoms with Gasteiger partial charge in [0, 0.05) is 11.1 Å². The maximum Gasteiger partial charge on any atom is 0.165 e. The summed E-state index contributed by atoms with van der Waals surface area (Å²) in [6, 6.07) is 0. The van der Waals surface area contributed by atoms with Crippen LogP contribution in [0.3, 0.4) is 0 Å². The number of hydrogen-bond acceptors (Lipinski definition) is 3. The third-order valence-electron chi connectivity index (χ3n) is 2.27. The van der Waals surface area contributed by atoms with E-state index < -0.39 is 0 Å². The second-order valence-corrected chi connectivity index (χ2v) is 2.93. The molecule has 0 spiro atoms. The van der Waals surface area contributed by atoms with Crippen molar-refractivity contribution in [1.82, 2.24) is 0 Å². The van der Waals surface area contributed by atoms with Crippen molar-refractivity contribution in [2.24, 2.45) is 5.73 Å². The van der Waals surface area contributed by atoms with Crippen LogP contribution in [-0.2, 0) is 4.79 Å². The van der Waals surface area contributed by atoms with Crippen molar-refractivity contribution in [3.8, 4) is 0 Å². The van der Waals surface area contributed by atoms with E-state index in [4.69, 9.17) is 5.73 Å². The molecule has 2 aliphatic rings. The number of nitrogens with two attached hydrogens (primary N) is 1. The molecule has 0 aromatic rings. The van der Waals surface area contributed by atoms with E-state index in [1.54, 1.807) is 0 Å². The van der Waals surface area contributed by atoms with Gasteiger partial charge in [-0.2, -0.15) is 0 Å². The lowest BCUT2D eigenvalue weighted by atomic mass is 9.79. The molecule has 2 aliphatic carbocycles. The molecule has 0 amide bonds. The van der Waals surface area contributed by atoms with Crippen molar-refractivity contribution in [3.63, 3.8) is 0 Å². The van der Waals surface area contributed by atoms with E-state index in [1.807, 2.05) is 0 Å². The number of aliphatic hydroxyl groups is 1. The number of hydrogen-bond donors (Lipinski definition) is 2. The average molecular weight is 151 g/mol. The predicted molar refractivity (Wildman–Crippen MR) is 39.7 cm³/mol. The van der Waals surface area contributed by atoms with Crippen molar-refractivity contribution in [3.05, 3.63) is 22.6 Å². The zero-order valence-electron chi connectivity index (χ0n) is 6.05. The van der Waals surface area contributed by atoms with Crippen molar-refractivity contribution >= 4 is 5.78 Å². The molecule has 3 heteroatoms. The van der Waals surface area contributed by atoms with Gasteiger partial charge in [-0.05, 0) is 12.8 Å². The maximum atomic E-state index is 11.1. The molecule has 11 heavy (non-hydrogen) atoms. The lowest BCUT2D eigenvalue weighted by Crippen LogP contribution is -2.24. The van der Waals surface area contributed by atoms with Gasteiger partial charge < -0.3 is 10.8 Å². The Kier molecular flexibility index (Phi) is 1.10. The number of allylic oxidation sites excluding steroid dienone is 3. The topological polar surface area (TPSA) is 63.3 Å². The Hall–Kier alpha value is -1.25. The van der Waals surface area contributed by atoms with Crippen LogP contribution in [-0.4, -0.2) is 10.9 Å². The number of Topliss-reactive ketones (excluding diaryl/α,β-unsaturated/α-hetero) is 1. The predicted octanol–water partition coefficient (Wildman–Crippen LogP) is 0.778. The van der Waals surface area contributed by atoms with Gasteiger partial charge in [-0.3, -0.25) is 4.79 Å². The number of carbonyl (C=O) groups is 1. The van der Waals surface area contributed by atoms with Crippen molar-refractivity contribution < 1.29 is 9.90 Å². The van der Waals surface area contributed by atoms with Crippen LogP contribution in [0.1, 0.15) is 19.3 Å². The molecule has 0 aromatic heterocycles. The molecule has 58 valence electrons. The van der Waals surface area contributed by atoms with Crippen LogP contribution in [0.2, 0.25) is 0 Å². The summed E-state index contributed by atoms with van der Waals surface area (Å²) in [5.74, 6) is 0.243. The number of ketones is 1. The molecule has 3 nitrogen and oxygen atoms in total. The number of rotatable bonds is 0. The van der Waals surface area contributed by atoms with Gasteiger partial charge in [-0.15, -0.1) is 0 Å². The van der Waals surface area contributed by atoms with Crippen LogP contribution in [0.4, 0.5) is 0 Å². The summed E-state index contributed by atoms with van der Waals surface area (Å²) in [6.45, 7) is 0. The van der Waals surface area contributed by atoms with E-state index in [0.29, 0.717) is 5.70 Å². The number of aliphatic hydroxyl groups excluding tert-OH is 1. The third kappa shape index (κ3) is 0.707. The maximum absolute atomic E-state index is 11.1. The van der Waals surface area contributed by atoms with Gasteiger partial charge in [0.1, 0.15) is 5.76 Å². The van der Waals surface area contributed by atoms with Crippen LogP contribution in [0.25, 0.3) is 0 Å². The first-order valence-electron chi connectivity index (χ1n) is 3.63. The number of carbonyl (C=O) groups excluding carboxylic acids is 1. The van der Waals surface area contributed by atoms with Gasteiger partial charge in [-0.25, -0.2) is 0 Å². The van der Waals surface area contributed by atoms with Crippen molar-refractivity contribution in [1.29, 1.82) is 0 Å². The summed E-state index contributed by atoms with van der Waals surface area (Å²) in [5, 5.41) is 9.33. The molecule has 0 unspecified atom stereocenters. The molecule has 0 heterocycles. The monoisotopic (exact) mass is 151 g/mol. The molecule has 0 atom stereocenters. The Labute approximate surface area is 64.2 Å². The average Bonchev–Trinajstić information content (AvgIpc) is 1.81. The van der Waals surface area contributed by atoms with Crippen molar-refractivity contribution in [2.75, 3.05) is 0 Å². The minimum absolute atomic E-state index is 0.0848. The van der Waals surface area contributed by atoms with E-state index in [-0.39, 0.29) is 18.0 Å². The fourth-order valence-corrected chi connectivity index (χ4v) is 1.50. The lowest BCUT2D eigenvalue weighted by molar-refractivity contribution is -0.115. The Balaban J connectivity index is 2.49. The third-order valence-corrected chi connectivity index (χ3v) is 2.27. The van der Waals surface area contributed by atoms with E-state index in [0.717, 1.165) is 24.0 Å². The summed E-state index contributed by atoms with van der Waals surface area (Å²) in [6.07, 6.45) is 1.81. The Morgan fingerprint density at radius 2 is 1.91 bits per heavy atom. The standard InChI is InChI=1S/C8H9NO2/c9-6-3-7(10)4-1-2-5(4)8(6)11/h11H,1-3,9H2. The molecule has 0 aliphatic heterocycles. The van der Waals surface area contributed by atoms with Crippen molar-refractivity contribution in [2.45, 2.75) is 19.3 Å². The highest BCUT2D eigenvalue weighted by molar-refractivity contribution is 6.01. The molecular weight excluding hydrogens is 142 g/mol. The largest absolute Gasteiger partial charge is 0.506 e. The smallest absolute Gasteiger partial charge is 0.165 e. The molecule has 0 saturated heterocycles. The van der Waals surface area contributed by atoms with Gasteiger partial charge >= 0.3 is 0 Å². The molecule has 0 aromatic carbocycles. The molecule has 0 fully saturated rings. The molecule has 2 rings (SSSR count). The Morgan fingerprint density at radius 3 is 2.45 bits per heavy atom. The minimum Gasteiger partial charge on any atom is -0.506 e. The van der Waals surface area contributed by atoms with E-state index in [1.165, 1.54) is 0 Å². The summed E-state index contributed by atoms with van der Waals surface area (Å²) < 4.78 is 0. The van der Waals surface area contributed by atoms with Crippen LogP contribution in [0, 0.1) is 0 Å². The lowest BCUT2D eigenvalue weighted by Gasteiger charge is -2.27. The fourth-order valence-electron chi connectivity index (χ4n) is 1.50. The molecule has 3 N–H and O–H groups in total. The highest BCUT2D eigenvalue weighted by Gasteiger charge is 2.31. The fraction of sp³-hybridized carbons (Fsp3) is 0.375. The summed E-state index contributed by atoms with van der Waals surface area (Å²) in [5.41, 5.74) is 7.32. The van der Waals surface area contributed by atoms with Gasteiger partial charge in [-0.1, -0.05) is 0 Å². The highest BCUT2D eigenvalue weighted by atomic mass is 16.3. The first kappa shape index (κ1) is 6.46. The molecular formula is C8H9NO2. The van der Waals surface area contributed by atoms with E-state index in [2.05, 4.69) is 0 Å². The summed E-state index contributed by atoms with van der Waals surface area (Å²) in [7, 11) is 0. The SMILES string of the molecule is NC1=C(O)C2=C(CC2)C(=O)C1. The molecule has 0 radical (unpaired) electrons. The van der Waals surface area contributed by atoms with Crippen LogP contribution in [0.15, 0.2) is 22.6 Å². The van der Waals surface area contributed by atoms with Gasteiger partial charge in [0.05, 0.1) is 12.1 Å². The van der Waals surface area contributed by atoms with Crippen LogP contribution >= 0.6 is 0 Å². The van der Waals surface area contributed by atoms with Gasteiger partial charge in [0.2, 0.25) is 0 Å². The summed E-state index contributed by atoms with van der Waals surface area (Å²) >= 11 is 0. The first-order chi connectivity index (χ1) is 5.20. The quantitative estimate of drug-likeness (QED) is 0.537. The van der Waals surface area contributed by atoms with Gasteiger partial charge in [0.15, 0.2) is 5.78 Å². The Morgan fingerprint density at radius 1 is 1.27 bits per heavy atom. The zero-order valence-corrected chi connectivity index (χ0v) is 6.05. The van der Waals surface area contributed by atoms with Gasteiger partial charge in [0.25, 0.3) is 0 Å². The van der Waals surface area contributed by atoms with E-state index in [9.17, 15) is 9.90 Å². The second-order valence-electron chi connectivity index (χ2n) is 2.93. The second kappa shape index (κ2) is 1.87. The normalized spacial score (nSPS) is 23.5. The summed E-state index contributed by atoms with van der Waals surface area (Å²) in [4.78, 5) is 11.1. The molecule has 0 saturated carbocycles. The molecule has 0 bridgehead atoms.